The van der Waals surface area contributed by atoms with Crippen LogP contribution in [-0.4, -0.2) is 20.3 Å². The van der Waals surface area contributed by atoms with E-state index in [-0.39, 0.29) is 0 Å². The number of hydrogen-bond acceptors (Lipinski definition) is 5. The summed E-state index contributed by atoms with van der Waals surface area (Å²) >= 11 is 7.10. The molecule has 0 radical (unpaired) electrons. The highest BCUT2D eigenvalue weighted by Crippen LogP contribution is 2.30. The summed E-state index contributed by atoms with van der Waals surface area (Å²) < 4.78 is 12.9. The number of ether oxygens (including phenoxy) is 1. The summed E-state index contributed by atoms with van der Waals surface area (Å²) in [6.07, 6.45) is 4.33. The molecule has 2 aromatic rings. The number of unbranched alkanes of at least 4 members (excludes halogenated alkanes) is 2. The molecule has 1 N–H and O–H groups in total. The molecule has 2 heterocycles. The summed E-state index contributed by atoms with van der Waals surface area (Å²) in [5, 5.41) is 5.46. The molecular formula is C15H21NO2S2. The van der Waals surface area contributed by atoms with Gasteiger partial charge in [-0.15, -0.1) is 11.3 Å². The number of thiophene rings is 1. The fourth-order valence-corrected chi connectivity index (χ4v) is 3.41. The predicted molar refractivity (Wildman–Crippen MR) is 88.5 cm³/mol. The van der Waals surface area contributed by atoms with E-state index in [1.54, 1.807) is 18.4 Å². The molecular weight excluding hydrogens is 290 g/mol. The lowest BCUT2D eigenvalue weighted by atomic mass is 10.2. The minimum atomic E-state index is 0.780. The molecule has 0 atom stereocenters. The lowest BCUT2D eigenvalue weighted by Crippen LogP contribution is -2.02. The third-order valence-corrected chi connectivity index (χ3v) is 4.71. The molecule has 0 fully saturated rings. The van der Waals surface area contributed by atoms with Crippen molar-refractivity contribution in [2.75, 3.05) is 25.6 Å². The standard InChI is InChI=1S/C15H21NO2S2/c1-3-11-10-20-15-12(19)9-13(18-14(11)15)16-7-5-4-6-8-17-2/h9-10,16H,3-8H2,1-2H3. The Morgan fingerprint density at radius 2 is 2.20 bits per heavy atom. The van der Waals surface area contributed by atoms with Crippen molar-refractivity contribution in [2.24, 2.45) is 0 Å². The lowest BCUT2D eigenvalue weighted by molar-refractivity contribution is 0.192. The van der Waals surface area contributed by atoms with E-state index in [1.807, 2.05) is 6.07 Å². The molecule has 0 amide bonds. The van der Waals surface area contributed by atoms with Gasteiger partial charge in [0, 0.05) is 31.9 Å². The summed E-state index contributed by atoms with van der Waals surface area (Å²) in [5.74, 6) is 0.780. The Labute approximate surface area is 128 Å². The van der Waals surface area contributed by atoms with Gasteiger partial charge in [-0.1, -0.05) is 19.1 Å². The van der Waals surface area contributed by atoms with E-state index in [2.05, 4.69) is 17.6 Å². The number of nitrogens with one attached hydrogen (secondary N) is 1. The van der Waals surface area contributed by atoms with Gasteiger partial charge >= 0.3 is 0 Å². The van der Waals surface area contributed by atoms with Gasteiger partial charge < -0.3 is 14.5 Å². The second kappa shape index (κ2) is 7.76. The van der Waals surface area contributed by atoms with E-state index in [4.69, 9.17) is 21.4 Å². The van der Waals surface area contributed by atoms with Crippen molar-refractivity contribution in [3.05, 3.63) is 21.5 Å². The Morgan fingerprint density at radius 3 is 2.95 bits per heavy atom. The first-order valence-corrected chi connectivity index (χ1v) is 8.32. The van der Waals surface area contributed by atoms with E-state index >= 15 is 0 Å². The van der Waals surface area contributed by atoms with Crippen LogP contribution in [-0.2, 0) is 11.2 Å². The van der Waals surface area contributed by atoms with E-state index in [0.717, 1.165) is 59.5 Å². The molecule has 0 bridgehead atoms. The highest BCUT2D eigenvalue weighted by Gasteiger charge is 2.08. The molecule has 0 saturated heterocycles. The first-order valence-electron chi connectivity index (χ1n) is 7.03. The minimum absolute atomic E-state index is 0.780. The highest BCUT2D eigenvalue weighted by atomic mass is 32.1. The Morgan fingerprint density at radius 1 is 1.35 bits per heavy atom. The smallest absolute Gasteiger partial charge is 0.195 e. The summed E-state index contributed by atoms with van der Waals surface area (Å²) in [6.45, 7) is 3.87. The predicted octanol–water partition coefficient (Wildman–Crippen LogP) is 5.01. The van der Waals surface area contributed by atoms with Crippen LogP contribution in [0, 0.1) is 4.51 Å². The van der Waals surface area contributed by atoms with Crippen LogP contribution in [0.4, 0.5) is 5.88 Å². The van der Waals surface area contributed by atoms with Crippen LogP contribution in [0.15, 0.2) is 15.9 Å². The molecule has 20 heavy (non-hydrogen) atoms. The van der Waals surface area contributed by atoms with Crippen molar-refractivity contribution in [1.82, 2.24) is 0 Å². The van der Waals surface area contributed by atoms with Crippen molar-refractivity contribution >= 4 is 39.7 Å². The van der Waals surface area contributed by atoms with E-state index in [1.165, 1.54) is 5.56 Å². The average Bonchev–Trinajstić information content (AvgIpc) is 2.86. The number of methoxy groups -OCH3 is 1. The lowest BCUT2D eigenvalue weighted by Gasteiger charge is -2.06. The Hall–Kier alpha value is -0.910. The average molecular weight is 311 g/mol. The maximum Gasteiger partial charge on any atom is 0.195 e. The Balaban J connectivity index is 1.98. The first kappa shape index (κ1) is 15.5. The third-order valence-electron chi connectivity index (χ3n) is 3.22. The molecule has 3 nitrogen and oxygen atoms in total. The van der Waals surface area contributed by atoms with E-state index in [9.17, 15) is 0 Å². The van der Waals surface area contributed by atoms with Crippen LogP contribution >= 0.6 is 23.6 Å². The maximum absolute atomic E-state index is 5.94. The maximum atomic E-state index is 5.94. The molecule has 0 aliphatic heterocycles. The van der Waals surface area contributed by atoms with Gasteiger partial charge in [0.15, 0.2) is 11.5 Å². The normalized spacial score (nSPS) is 11.1. The summed E-state index contributed by atoms with van der Waals surface area (Å²) in [5.41, 5.74) is 2.19. The zero-order chi connectivity index (χ0) is 14.4. The molecule has 2 rings (SSSR count). The molecule has 0 saturated carbocycles. The second-order valence-corrected chi connectivity index (χ2v) is 6.05. The van der Waals surface area contributed by atoms with Gasteiger partial charge in [0.05, 0.1) is 9.21 Å². The van der Waals surface area contributed by atoms with E-state index < -0.39 is 0 Å². The summed E-state index contributed by atoms with van der Waals surface area (Å²) in [6, 6.07) is 1.92. The van der Waals surface area contributed by atoms with E-state index in [0.29, 0.717) is 0 Å². The van der Waals surface area contributed by atoms with Gasteiger partial charge in [0.2, 0.25) is 0 Å². The quantitative estimate of drug-likeness (QED) is 0.548. The SMILES string of the molecule is CCc1csc2c(=S)cc(NCCCCCOC)oc12. The van der Waals surface area contributed by atoms with Gasteiger partial charge in [0.1, 0.15) is 0 Å². The van der Waals surface area contributed by atoms with Crippen molar-refractivity contribution in [3.8, 4) is 0 Å². The monoisotopic (exact) mass is 311 g/mol. The molecule has 0 spiro atoms. The van der Waals surface area contributed by atoms with Crippen LogP contribution in [0.3, 0.4) is 0 Å². The molecule has 110 valence electrons. The van der Waals surface area contributed by atoms with Crippen molar-refractivity contribution < 1.29 is 9.15 Å². The van der Waals surface area contributed by atoms with Gasteiger partial charge in [0.25, 0.3) is 0 Å². The molecule has 2 aromatic heterocycles. The van der Waals surface area contributed by atoms with Gasteiger partial charge in [-0.25, -0.2) is 0 Å². The third kappa shape index (κ3) is 3.81. The zero-order valence-corrected chi connectivity index (χ0v) is 13.7. The largest absolute Gasteiger partial charge is 0.440 e. The van der Waals surface area contributed by atoms with Crippen LogP contribution < -0.4 is 5.32 Å². The number of aryl methyl sites for hydroxylation is 1. The fourth-order valence-electron chi connectivity index (χ4n) is 2.08. The Bertz CT molecular complexity index is 603. The molecule has 0 aliphatic carbocycles. The first-order chi connectivity index (χ1) is 9.76. The molecule has 5 heteroatoms. The van der Waals surface area contributed by atoms with Crippen LogP contribution in [0.5, 0.6) is 0 Å². The minimum Gasteiger partial charge on any atom is -0.440 e. The number of rotatable bonds is 8. The molecule has 0 aromatic carbocycles. The Kier molecular flexibility index (Phi) is 6.01. The van der Waals surface area contributed by atoms with Crippen molar-refractivity contribution in [3.63, 3.8) is 0 Å². The summed E-state index contributed by atoms with van der Waals surface area (Å²) in [7, 11) is 1.74. The number of anilines is 1. The van der Waals surface area contributed by atoms with Gasteiger partial charge in [-0.3, -0.25) is 0 Å². The summed E-state index contributed by atoms with van der Waals surface area (Å²) in [4.78, 5) is 0. The second-order valence-electron chi connectivity index (χ2n) is 4.73. The molecule has 0 aliphatic rings. The van der Waals surface area contributed by atoms with Crippen molar-refractivity contribution in [1.29, 1.82) is 0 Å². The fraction of sp³-hybridized carbons (Fsp3) is 0.533. The van der Waals surface area contributed by atoms with Gasteiger partial charge in [-0.05, 0) is 31.1 Å². The van der Waals surface area contributed by atoms with Crippen molar-refractivity contribution in [2.45, 2.75) is 32.6 Å². The van der Waals surface area contributed by atoms with Gasteiger partial charge in [-0.2, -0.15) is 0 Å². The van der Waals surface area contributed by atoms with Crippen LogP contribution in [0.2, 0.25) is 0 Å². The van der Waals surface area contributed by atoms with Crippen LogP contribution in [0.25, 0.3) is 10.3 Å². The highest BCUT2D eigenvalue weighted by molar-refractivity contribution is 7.72. The van der Waals surface area contributed by atoms with Crippen LogP contribution in [0.1, 0.15) is 31.7 Å². The number of hydrogen-bond donors (Lipinski definition) is 1. The number of fused-ring (bicyclic) bond motifs is 1. The molecule has 0 unspecified atom stereocenters. The topological polar surface area (TPSA) is 34.4 Å². The zero-order valence-electron chi connectivity index (χ0n) is 12.0.